The van der Waals surface area contributed by atoms with E-state index in [2.05, 4.69) is 21.2 Å². The number of carbonyl (C=O) groups excluding carboxylic acids is 1. The zero-order valence-corrected chi connectivity index (χ0v) is 13.2. The lowest BCUT2D eigenvalue weighted by Gasteiger charge is -2.10. The molecule has 5 heteroatoms. The Morgan fingerprint density at radius 3 is 2.80 bits per heavy atom. The first-order valence-electron chi connectivity index (χ1n) is 5.99. The van der Waals surface area contributed by atoms with Crippen LogP contribution in [0.25, 0.3) is 0 Å². The minimum absolute atomic E-state index is 0.0928. The van der Waals surface area contributed by atoms with Gasteiger partial charge in [-0.25, -0.2) is 0 Å². The molecule has 0 heterocycles. The fourth-order valence-electron chi connectivity index (χ4n) is 1.61. The highest BCUT2D eigenvalue weighted by Gasteiger charge is 2.08. The first-order valence-corrected chi connectivity index (χ1v) is 7.16. The molecule has 0 atom stereocenters. The number of carbonyl (C=O) groups is 1. The first-order chi connectivity index (χ1) is 9.56. The van der Waals surface area contributed by atoms with Crippen LogP contribution in [0.1, 0.15) is 5.56 Å². The van der Waals surface area contributed by atoms with Crippen molar-refractivity contribution in [1.82, 2.24) is 0 Å². The molecule has 0 fully saturated rings. The van der Waals surface area contributed by atoms with E-state index in [1.54, 1.807) is 12.1 Å². The van der Waals surface area contributed by atoms with E-state index in [1.165, 1.54) is 0 Å². The Kier molecular flexibility index (Phi) is 5.04. The highest BCUT2D eigenvalue weighted by molar-refractivity contribution is 9.10. The van der Waals surface area contributed by atoms with E-state index in [4.69, 9.17) is 16.3 Å². The molecule has 0 saturated carbocycles. The van der Waals surface area contributed by atoms with Crippen molar-refractivity contribution in [3.05, 3.63) is 57.5 Å². The van der Waals surface area contributed by atoms with Gasteiger partial charge in [0.2, 0.25) is 0 Å². The van der Waals surface area contributed by atoms with Crippen molar-refractivity contribution < 1.29 is 9.53 Å². The van der Waals surface area contributed by atoms with Crippen LogP contribution in [0.2, 0.25) is 5.02 Å². The van der Waals surface area contributed by atoms with E-state index in [9.17, 15) is 4.79 Å². The topological polar surface area (TPSA) is 38.3 Å². The van der Waals surface area contributed by atoms with Crippen molar-refractivity contribution in [2.45, 2.75) is 6.92 Å². The van der Waals surface area contributed by atoms with E-state index in [0.717, 1.165) is 10.0 Å². The van der Waals surface area contributed by atoms with Gasteiger partial charge in [0.1, 0.15) is 5.75 Å². The monoisotopic (exact) mass is 353 g/mol. The van der Waals surface area contributed by atoms with Crippen molar-refractivity contribution in [2.24, 2.45) is 0 Å². The predicted octanol–water partition coefficient (Wildman–Crippen LogP) is 4.43. The van der Waals surface area contributed by atoms with Gasteiger partial charge < -0.3 is 10.1 Å². The highest BCUT2D eigenvalue weighted by atomic mass is 79.9. The third-order valence-corrected chi connectivity index (χ3v) is 3.60. The number of aryl methyl sites for hydroxylation is 1. The normalized spacial score (nSPS) is 10.2. The lowest BCUT2D eigenvalue weighted by Crippen LogP contribution is -2.20. The lowest BCUT2D eigenvalue weighted by atomic mass is 10.2. The molecule has 0 aliphatic rings. The molecule has 2 rings (SSSR count). The molecule has 1 N–H and O–H groups in total. The summed E-state index contributed by atoms with van der Waals surface area (Å²) in [5.74, 6) is 0.267. The Balaban J connectivity index is 1.96. The summed E-state index contributed by atoms with van der Waals surface area (Å²) in [4.78, 5) is 11.8. The van der Waals surface area contributed by atoms with Crippen molar-refractivity contribution in [2.75, 3.05) is 11.9 Å². The number of benzene rings is 2. The lowest BCUT2D eigenvalue weighted by molar-refractivity contribution is -0.118. The maximum atomic E-state index is 11.8. The second-order valence-electron chi connectivity index (χ2n) is 4.25. The van der Waals surface area contributed by atoms with Crippen LogP contribution in [0.4, 0.5) is 5.69 Å². The number of halogens is 2. The molecular formula is C15H13BrClNO2. The Labute approximate surface area is 131 Å². The number of anilines is 1. The summed E-state index contributed by atoms with van der Waals surface area (Å²) in [5.41, 5.74) is 1.73. The van der Waals surface area contributed by atoms with Crippen molar-refractivity contribution in [3.8, 4) is 5.75 Å². The summed E-state index contributed by atoms with van der Waals surface area (Å²) in [6.07, 6.45) is 0. The molecule has 0 bridgehead atoms. The number of rotatable bonds is 4. The van der Waals surface area contributed by atoms with Gasteiger partial charge in [-0.3, -0.25) is 4.79 Å². The molecule has 0 aliphatic carbocycles. The van der Waals surface area contributed by atoms with Crippen LogP contribution < -0.4 is 10.1 Å². The average Bonchev–Trinajstić information content (AvgIpc) is 2.42. The molecule has 2 aromatic carbocycles. The number of hydrogen-bond donors (Lipinski definition) is 1. The number of para-hydroxylation sites is 1. The van der Waals surface area contributed by atoms with E-state index >= 15 is 0 Å². The zero-order valence-electron chi connectivity index (χ0n) is 10.8. The van der Waals surface area contributed by atoms with E-state index in [-0.39, 0.29) is 12.5 Å². The number of amides is 1. The van der Waals surface area contributed by atoms with Gasteiger partial charge in [0.15, 0.2) is 6.61 Å². The summed E-state index contributed by atoms with van der Waals surface area (Å²) in [6.45, 7) is 1.84. The third-order valence-electron chi connectivity index (χ3n) is 2.59. The molecule has 20 heavy (non-hydrogen) atoms. The van der Waals surface area contributed by atoms with E-state index in [0.29, 0.717) is 16.5 Å². The van der Waals surface area contributed by atoms with Gasteiger partial charge in [-0.05, 0) is 52.7 Å². The highest BCUT2D eigenvalue weighted by Crippen LogP contribution is 2.25. The fraction of sp³-hybridized carbons (Fsp3) is 0.133. The van der Waals surface area contributed by atoms with Crippen LogP contribution in [-0.2, 0) is 4.79 Å². The van der Waals surface area contributed by atoms with Gasteiger partial charge in [0.05, 0.1) is 10.7 Å². The van der Waals surface area contributed by atoms with Crippen LogP contribution in [0.5, 0.6) is 5.75 Å². The summed E-state index contributed by atoms with van der Waals surface area (Å²) < 4.78 is 6.25. The van der Waals surface area contributed by atoms with Gasteiger partial charge in [0, 0.05) is 4.47 Å². The number of nitrogens with one attached hydrogen (secondary N) is 1. The predicted molar refractivity (Wildman–Crippen MR) is 84.5 cm³/mol. The Bertz CT molecular complexity index is 631. The molecule has 0 saturated heterocycles. The van der Waals surface area contributed by atoms with E-state index < -0.39 is 0 Å². The van der Waals surface area contributed by atoms with Crippen LogP contribution in [0.15, 0.2) is 46.9 Å². The SMILES string of the molecule is Cc1ccc(Cl)c(OCC(=O)Nc2ccccc2Br)c1. The molecule has 0 aromatic heterocycles. The standard InChI is InChI=1S/C15H13BrClNO2/c1-10-6-7-12(17)14(8-10)20-9-15(19)18-13-5-3-2-4-11(13)16/h2-8H,9H2,1H3,(H,18,19). The smallest absolute Gasteiger partial charge is 0.262 e. The molecule has 0 spiro atoms. The molecule has 1 amide bonds. The quantitative estimate of drug-likeness (QED) is 0.882. The summed E-state index contributed by atoms with van der Waals surface area (Å²) >= 11 is 9.37. The van der Waals surface area contributed by atoms with Gasteiger partial charge in [-0.2, -0.15) is 0 Å². The van der Waals surface area contributed by atoms with E-state index in [1.807, 2.05) is 37.3 Å². The first kappa shape index (κ1) is 14.9. The van der Waals surface area contributed by atoms with Gasteiger partial charge >= 0.3 is 0 Å². The average molecular weight is 355 g/mol. The largest absolute Gasteiger partial charge is 0.482 e. The van der Waals surface area contributed by atoms with Crippen LogP contribution >= 0.6 is 27.5 Å². The van der Waals surface area contributed by atoms with Gasteiger partial charge in [0.25, 0.3) is 5.91 Å². The summed E-state index contributed by atoms with van der Waals surface area (Å²) in [5, 5.41) is 3.25. The van der Waals surface area contributed by atoms with Crippen molar-refractivity contribution in [1.29, 1.82) is 0 Å². The molecule has 0 unspecified atom stereocenters. The molecule has 3 nitrogen and oxygen atoms in total. The second kappa shape index (κ2) is 6.77. The summed E-state index contributed by atoms with van der Waals surface area (Å²) in [7, 11) is 0. The van der Waals surface area contributed by atoms with Crippen LogP contribution in [0.3, 0.4) is 0 Å². The Morgan fingerprint density at radius 2 is 2.05 bits per heavy atom. The van der Waals surface area contributed by atoms with Crippen molar-refractivity contribution >= 4 is 39.1 Å². The van der Waals surface area contributed by atoms with Crippen LogP contribution in [0, 0.1) is 6.92 Å². The summed E-state index contributed by atoms with van der Waals surface area (Å²) in [6, 6.07) is 12.8. The maximum absolute atomic E-state index is 11.8. The Morgan fingerprint density at radius 1 is 1.30 bits per heavy atom. The molecule has 2 aromatic rings. The van der Waals surface area contributed by atoms with Gasteiger partial charge in [-0.15, -0.1) is 0 Å². The molecule has 0 radical (unpaired) electrons. The zero-order chi connectivity index (χ0) is 14.5. The second-order valence-corrected chi connectivity index (χ2v) is 5.51. The van der Waals surface area contributed by atoms with Crippen molar-refractivity contribution in [3.63, 3.8) is 0 Å². The van der Waals surface area contributed by atoms with Crippen LogP contribution in [-0.4, -0.2) is 12.5 Å². The third kappa shape index (κ3) is 3.99. The number of ether oxygens (including phenoxy) is 1. The minimum atomic E-state index is -0.241. The fourth-order valence-corrected chi connectivity index (χ4v) is 2.17. The Hall–Kier alpha value is -1.52. The minimum Gasteiger partial charge on any atom is -0.482 e. The maximum Gasteiger partial charge on any atom is 0.262 e. The number of hydrogen-bond acceptors (Lipinski definition) is 2. The molecular weight excluding hydrogens is 342 g/mol. The molecule has 104 valence electrons. The van der Waals surface area contributed by atoms with Gasteiger partial charge in [-0.1, -0.05) is 29.8 Å². The molecule has 0 aliphatic heterocycles.